The summed E-state index contributed by atoms with van der Waals surface area (Å²) in [7, 11) is 0. The molecular weight excluding hydrogens is 294 g/mol. The number of hydrogen-bond donors (Lipinski definition) is 1. The van der Waals surface area contributed by atoms with E-state index in [0.717, 1.165) is 34.7 Å². The van der Waals surface area contributed by atoms with Crippen molar-refractivity contribution in [1.29, 1.82) is 0 Å². The maximum atomic E-state index is 5.55. The smallest absolute Gasteiger partial charge is 0.140 e. The van der Waals surface area contributed by atoms with Crippen LogP contribution in [0.4, 0.5) is 0 Å². The van der Waals surface area contributed by atoms with Crippen molar-refractivity contribution >= 4 is 15.9 Å². The number of nitrogens with one attached hydrogen (secondary N) is 1. The molecule has 2 heterocycles. The molecule has 4 nitrogen and oxygen atoms in total. The number of hydrogen-bond acceptors (Lipinski definition) is 4. The molecule has 0 radical (unpaired) electrons. The lowest BCUT2D eigenvalue weighted by Gasteiger charge is -2.16. The Morgan fingerprint density at radius 2 is 2.28 bits per heavy atom. The highest BCUT2D eigenvalue weighted by molar-refractivity contribution is 9.10. The average molecular weight is 310 g/mol. The molecule has 0 fully saturated rings. The summed E-state index contributed by atoms with van der Waals surface area (Å²) < 4.78 is 6.50. The van der Waals surface area contributed by atoms with Gasteiger partial charge < -0.3 is 9.73 Å². The van der Waals surface area contributed by atoms with E-state index >= 15 is 0 Å². The second kappa shape index (κ2) is 6.11. The molecule has 2 aromatic rings. The molecule has 0 saturated heterocycles. The van der Waals surface area contributed by atoms with E-state index in [-0.39, 0.29) is 6.04 Å². The van der Waals surface area contributed by atoms with Gasteiger partial charge in [-0.3, -0.25) is 0 Å². The Hall–Kier alpha value is -1.20. The molecule has 1 atom stereocenters. The summed E-state index contributed by atoms with van der Waals surface area (Å²) in [6.45, 7) is 4.92. The van der Waals surface area contributed by atoms with Gasteiger partial charge in [-0.2, -0.15) is 0 Å². The zero-order valence-corrected chi connectivity index (χ0v) is 12.1. The van der Waals surface area contributed by atoms with E-state index in [1.165, 1.54) is 0 Å². The standard InChI is InChI=1S/C13H16BrN3O/c1-3-6-16-12(13-10(14)5-8-18-13)11-4-7-15-9(2)17-11/h4-5,7-8,12,16H,3,6H2,1-2H3. The third-order valence-corrected chi connectivity index (χ3v) is 3.25. The monoisotopic (exact) mass is 309 g/mol. The van der Waals surface area contributed by atoms with Gasteiger partial charge in [-0.25, -0.2) is 9.97 Å². The Morgan fingerprint density at radius 3 is 2.89 bits per heavy atom. The zero-order chi connectivity index (χ0) is 13.0. The summed E-state index contributed by atoms with van der Waals surface area (Å²) in [6, 6.07) is 3.76. The largest absolute Gasteiger partial charge is 0.466 e. The first-order valence-electron chi connectivity index (χ1n) is 5.98. The number of aromatic nitrogens is 2. The van der Waals surface area contributed by atoms with Crippen LogP contribution in [-0.2, 0) is 0 Å². The van der Waals surface area contributed by atoms with Crippen molar-refractivity contribution in [3.8, 4) is 0 Å². The molecule has 0 aromatic carbocycles. The van der Waals surface area contributed by atoms with Crippen molar-refractivity contribution in [2.45, 2.75) is 26.3 Å². The van der Waals surface area contributed by atoms with E-state index < -0.39 is 0 Å². The van der Waals surface area contributed by atoms with Crippen LogP contribution >= 0.6 is 15.9 Å². The molecular formula is C13H16BrN3O. The molecule has 0 aliphatic heterocycles. The highest BCUT2D eigenvalue weighted by Gasteiger charge is 2.20. The van der Waals surface area contributed by atoms with Gasteiger partial charge >= 0.3 is 0 Å². The predicted molar refractivity (Wildman–Crippen MR) is 73.3 cm³/mol. The summed E-state index contributed by atoms with van der Waals surface area (Å²) >= 11 is 3.50. The molecule has 0 amide bonds. The SMILES string of the molecule is CCCNC(c1ccnc(C)n1)c1occc1Br. The Balaban J connectivity index is 2.33. The predicted octanol–water partition coefficient (Wildman–Crippen LogP) is 3.23. The van der Waals surface area contributed by atoms with Crippen LogP contribution in [0.3, 0.4) is 0 Å². The van der Waals surface area contributed by atoms with Crippen LogP contribution in [0.1, 0.15) is 36.7 Å². The Labute approximate surface area is 115 Å². The molecule has 0 spiro atoms. The van der Waals surface area contributed by atoms with Crippen LogP contribution in [-0.4, -0.2) is 16.5 Å². The number of halogens is 1. The maximum Gasteiger partial charge on any atom is 0.140 e. The minimum atomic E-state index is -0.0453. The number of nitrogens with zero attached hydrogens (tertiary/aromatic N) is 2. The van der Waals surface area contributed by atoms with Crippen LogP contribution in [0, 0.1) is 6.92 Å². The third-order valence-electron chi connectivity index (χ3n) is 2.60. The van der Waals surface area contributed by atoms with Crippen molar-refractivity contribution < 1.29 is 4.42 Å². The maximum absolute atomic E-state index is 5.55. The van der Waals surface area contributed by atoms with Gasteiger partial charge in [-0.05, 0) is 48.0 Å². The molecule has 0 bridgehead atoms. The van der Waals surface area contributed by atoms with E-state index in [9.17, 15) is 0 Å². The first kappa shape index (κ1) is 13.2. The Kier molecular flexibility index (Phi) is 4.49. The Morgan fingerprint density at radius 1 is 1.44 bits per heavy atom. The molecule has 1 unspecified atom stereocenters. The molecule has 5 heteroatoms. The van der Waals surface area contributed by atoms with Gasteiger partial charge in [0, 0.05) is 6.20 Å². The molecule has 0 aliphatic rings. The topological polar surface area (TPSA) is 51.0 Å². The van der Waals surface area contributed by atoms with Crippen molar-refractivity contribution in [2.24, 2.45) is 0 Å². The van der Waals surface area contributed by atoms with Crippen LogP contribution in [0.25, 0.3) is 0 Å². The van der Waals surface area contributed by atoms with Crippen molar-refractivity contribution in [2.75, 3.05) is 6.54 Å². The van der Waals surface area contributed by atoms with Gasteiger partial charge in [0.15, 0.2) is 0 Å². The van der Waals surface area contributed by atoms with Crippen molar-refractivity contribution in [3.05, 3.63) is 46.3 Å². The highest BCUT2D eigenvalue weighted by Crippen LogP contribution is 2.28. The molecule has 2 rings (SSSR count). The second-order valence-electron chi connectivity index (χ2n) is 4.05. The van der Waals surface area contributed by atoms with Crippen molar-refractivity contribution in [3.63, 3.8) is 0 Å². The molecule has 0 saturated carbocycles. The minimum Gasteiger partial charge on any atom is -0.466 e. The fourth-order valence-electron chi connectivity index (χ4n) is 1.77. The molecule has 0 aliphatic carbocycles. The Bertz CT molecular complexity index is 512. The van der Waals surface area contributed by atoms with Crippen LogP contribution in [0.2, 0.25) is 0 Å². The van der Waals surface area contributed by atoms with Crippen LogP contribution < -0.4 is 5.32 Å². The first-order valence-corrected chi connectivity index (χ1v) is 6.77. The minimum absolute atomic E-state index is 0.0453. The molecule has 18 heavy (non-hydrogen) atoms. The number of furan rings is 1. The zero-order valence-electron chi connectivity index (χ0n) is 10.5. The van der Waals surface area contributed by atoms with Gasteiger partial charge in [0.1, 0.15) is 17.6 Å². The van der Waals surface area contributed by atoms with E-state index in [4.69, 9.17) is 4.42 Å². The van der Waals surface area contributed by atoms with E-state index in [0.29, 0.717) is 0 Å². The number of rotatable bonds is 5. The van der Waals surface area contributed by atoms with Crippen LogP contribution in [0.15, 0.2) is 33.5 Å². The summed E-state index contributed by atoms with van der Waals surface area (Å²) in [6.07, 6.45) is 4.50. The van der Waals surface area contributed by atoms with E-state index in [1.807, 2.05) is 19.1 Å². The lowest BCUT2D eigenvalue weighted by molar-refractivity contribution is 0.438. The van der Waals surface area contributed by atoms with Gasteiger partial charge in [0.25, 0.3) is 0 Å². The summed E-state index contributed by atoms with van der Waals surface area (Å²) in [5.41, 5.74) is 0.923. The van der Waals surface area contributed by atoms with Gasteiger partial charge in [-0.15, -0.1) is 0 Å². The van der Waals surface area contributed by atoms with Crippen LogP contribution in [0.5, 0.6) is 0 Å². The summed E-state index contributed by atoms with van der Waals surface area (Å²) in [5, 5.41) is 3.44. The summed E-state index contributed by atoms with van der Waals surface area (Å²) in [5.74, 6) is 1.61. The lowest BCUT2D eigenvalue weighted by Crippen LogP contribution is -2.24. The lowest BCUT2D eigenvalue weighted by atomic mass is 10.1. The van der Waals surface area contributed by atoms with Gasteiger partial charge in [-0.1, -0.05) is 6.92 Å². The van der Waals surface area contributed by atoms with Crippen molar-refractivity contribution in [1.82, 2.24) is 15.3 Å². The normalized spacial score (nSPS) is 12.6. The fourth-order valence-corrected chi connectivity index (χ4v) is 2.20. The second-order valence-corrected chi connectivity index (χ2v) is 4.90. The van der Waals surface area contributed by atoms with Gasteiger partial charge in [0.05, 0.1) is 16.4 Å². The van der Waals surface area contributed by atoms with E-state index in [1.54, 1.807) is 12.5 Å². The fraction of sp³-hybridized carbons (Fsp3) is 0.385. The highest BCUT2D eigenvalue weighted by atomic mass is 79.9. The van der Waals surface area contributed by atoms with E-state index in [2.05, 4.69) is 38.1 Å². The molecule has 1 N–H and O–H groups in total. The quantitative estimate of drug-likeness (QED) is 0.921. The first-order chi connectivity index (χ1) is 8.72. The summed E-state index contributed by atoms with van der Waals surface area (Å²) in [4.78, 5) is 8.59. The molecule has 96 valence electrons. The van der Waals surface area contributed by atoms with Gasteiger partial charge in [0.2, 0.25) is 0 Å². The molecule has 2 aromatic heterocycles. The third kappa shape index (κ3) is 2.97. The average Bonchev–Trinajstić information content (AvgIpc) is 2.77. The number of aryl methyl sites for hydroxylation is 1.